The van der Waals surface area contributed by atoms with Crippen LogP contribution in [0.2, 0.25) is 0 Å². The average molecular weight is 470 g/mol. The summed E-state index contributed by atoms with van der Waals surface area (Å²) in [7, 11) is 5.67. The van der Waals surface area contributed by atoms with Gasteiger partial charge in [-0.2, -0.15) is 0 Å². The Hall–Kier alpha value is -0.910. The van der Waals surface area contributed by atoms with Crippen molar-refractivity contribution in [2.45, 2.75) is 11.4 Å². The minimum Gasteiger partial charge on any atom is -0.383 e. The molecule has 0 saturated carbocycles. The predicted molar refractivity (Wildman–Crippen MR) is 107 cm³/mol. The molecule has 24 heavy (non-hydrogen) atoms. The number of halogens is 1. The summed E-state index contributed by atoms with van der Waals surface area (Å²) in [6, 6.07) is 6.80. The van der Waals surface area contributed by atoms with Gasteiger partial charge in [0, 0.05) is 41.8 Å². The maximum atomic E-state index is 12.2. The highest BCUT2D eigenvalue weighted by Crippen LogP contribution is 2.12. The number of methoxy groups -OCH3 is 1. The predicted octanol–water partition coefficient (Wildman–Crippen LogP) is 1.21. The Bertz CT molecular complexity index is 623. The van der Waals surface area contributed by atoms with Gasteiger partial charge in [0.25, 0.3) is 0 Å². The first-order valence-electron chi connectivity index (χ1n) is 7.24. The Morgan fingerprint density at radius 1 is 1.21 bits per heavy atom. The molecule has 0 aliphatic heterocycles. The second kappa shape index (κ2) is 10.9. The lowest BCUT2D eigenvalue weighted by atomic mass is 10.2. The molecule has 1 aromatic rings. The molecule has 0 heterocycles. The topological polar surface area (TPSA) is 74.2 Å². The molecule has 138 valence electrons. The molecule has 0 saturated heterocycles. The zero-order valence-electron chi connectivity index (χ0n) is 14.8. The number of aliphatic imine (C=N–C) groups is 1. The second-order valence-electron chi connectivity index (χ2n) is 5.44. The Morgan fingerprint density at radius 3 is 2.38 bits per heavy atom. The van der Waals surface area contributed by atoms with Gasteiger partial charge in [0.15, 0.2) is 5.96 Å². The van der Waals surface area contributed by atoms with Crippen LogP contribution in [0.15, 0.2) is 34.2 Å². The van der Waals surface area contributed by atoms with Gasteiger partial charge in [0.05, 0.1) is 18.0 Å². The van der Waals surface area contributed by atoms with Crippen LogP contribution in [0.1, 0.15) is 5.56 Å². The van der Waals surface area contributed by atoms with Gasteiger partial charge < -0.3 is 14.5 Å². The van der Waals surface area contributed by atoms with Gasteiger partial charge in [0.2, 0.25) is 10.0 Å². The van der Waals surface area contributed by atoms with E-state index in [4.69, 9.17) is 4.74 Å². The normalized spacial score (nSPS) is 10.7. The zero-order valence-corrected chi connectivity index (χ0v) is 18.0. The molecule has 7 nitrogen and oxygen atoms in total. The van der Waals surface area contributed by atoms with Gasteiger partial charge in [-0.05, 0) is 17.7 Å². The van der Waals surface area contributed by atoms with Crippen molar-refractivity contribution in [1.82, 2.24) is 14.5 Å². The molecule has 1 aromatic carbocycles. The van der Waals surface area contributed by atoms with E-state index in [1.807, 2.05) is 44.1 Å². The maximum Gasteiger partial charge on any atom is 0.240 e. The largest absolute Gasteiger partial charge is 0.383 e. The van der Waals surface area contributed by atoms with Crippen molar-refractivity contribution in [3.05, 3.63) is 29.8 Å². The fraction of sp³-hybridized carbons (Fsp3) is 0.533. The van der Waals surface area contributed by atoms with E-state index in [0.717, 1.165) is 11.5 Å². The molecule has 9 heteroatoms. The van der Waals surface area contributed by atoms with Gasteiger partial charge in [-0.3, -0.25) is 0 Å². The minimum atomic E-state index is -3.53. The van der Waals surface area contributed by atoms with Crippen LogP contribution in [0.4, 0.5) is 0 Å². The van der Waals surface area contributed by atoms with Crippen molar-refractivity contribution in [1.29, 1.82) is 0 Å². The van der Waals surface area contributed by atoms with Crippen LogP contribution in [-0.4, -0.2) is 72.6 Å². The fourth-order valence-corrected chi connectivity index (χ4v) is 3.10. The van der Waals surface area contributed by atoms with Crippen LogP contribution in [0, 0.1) is 0 Å². The SMILES string of the molecule is COCCNS(=O)(=O)c1cccc(CN=C(N(C)C)N(C)C)c1.I. The Labute approximate surface area is 162 Å². The molecule has 0 atom stereocenters. The minimum absolute atomic E-state index is 0. The molecule has 0 aliphatic rings. The van der Waals surface area contributed by atoms with E-state index < -0.39 is 10.0 Å². The summed E-state index contributed by atoms with van der Waals surface area (Å²) in [6.45, 7) is 0.984. The monoisotopic (exact) mass is 470 g/mol. The number of ether oxygens (including phenoxy) is 1. The van der Waals surface area contributed by atoms with Crippen molar-refractivity contribution in [3.8, 4) is 0 Å². The lowest BCUT2D eigenvalue weighted by molar-refractivity contribution is 0.204. The number of hydrogen-bond donors (Lipinski definition) is 1. The number of guanidine groups is 1. The highest BCUT2D eigenvalue weighted by Gasteiger charge is 2.13. The summed E-state index contributed by atoms with van der Waals surface area (Å²) in [4.78, 5) is 8.58. The molecule has 1 rings (SSSR count). The molecular formula is C15H27IN4O3S. The van der Waals surface area contributed by atoms with Crippen LogP contribution < -0.4 is 4.72 Å². The molecule has 0 unspecified atom stereocenters. The van der Waals surface area contributed by atoms with Crippen molar-refractivity contribution in [3.63, 3.8) is 0 Å². The third kappa shape index (κ3) is 7.32. The lowest BCUT2D eigenvalue weighted by Gasteiger charge is -2.22. The number of hydrogen-bond acceptors (Lipinski definition) is 4. The smallest absolute Gasteiger partial charge is 0.240 e. The molecule has 0 bridgehead atoms. The molecule has 0 aliphatic carbocycles. The van der Waals surface area contributed by atoms with E-state index in [2.05, 4.69) is 9.71 Å². The van der Waals surface area contributed by atoms with Gasteiger partial charge in [-0.1, -0.05) is 12.1 Å². The fourth-order valence-electron chi connectivity index (χ4n) is 2.02. The summed E-state index contributed by atoms with van der Waals surface area (Å²) in [5, 5.41) is 0. The van der Waals surface area contributed by atoms with Crippen molar-refractivity contribution < 1.29 is 13.2 Å². The molecule has 0 fully saturated rings. The van der Waals surface area contributed by atoms with Crippen LogP contribution in [0.25, 0.3) is 0 Å². The molecule has 0 aromatic heterocycles. The van der Waals surface area contributed by atoms with E-state index in [1.54, 1.807) is 18.2 Å². The molecule has 1 N–H and O–H groups in total. The number of rotatable bonds is 7. The Kier molecular flexibility index (Phi) is 10.4. The molecular weight excluding hydrogens is 443 g/mol. The van der Waals surface area contributed by atoms with E-state index in [0.29, 0.717) is 13.2 Å². The summed E-state index contributed by atoms with van der Waals surface area (Å²) < 4.78 is 31.7. The van der Waals surface area contributed by atoms with Gasteiger partial charge in [-0.15, -0.1) is 24.0 Å². The Morgan fingerprint density at radius 2 is 1.83 bits per heavy atom. The van der Waals surface area contributed by atoms with E-state index in [-0.39, 0.29) is 35.4 Å². The van der Waals surface area contributed by atoms with Crippen LogP contribution in [0.5, 0.6) is 0 Å². The maximum absolute atomic E-state index is 12.2. The number of benzene rings is 1. The third-order valence-corrected chi connectivity index (χ3v) is 4.47. The van der Waals surface area contributed by atoms with E-state index >= 15 is 0 Å². The van der Waals surface area contributed by atoms with Gasteiger partial charge in [0.1, 0.15) is 0 Å². The second-order valence-corrected chi connectivity index (χ2v) is 7.21. The summed E-state index contributed by atoms with van der Waals surface area (Å²) in [5.41, 5.74) is 0.834. The average Bonchev–Trinajstić information content (AvgIpc) is 2.47. The van der Waals surface area contributed by atoms with Crippen molar-refractivity contribution in [2.24, 2.45) is 4.99 Å². The zero-order chi connectivity index (χ0) is 17.5. The molecule has 0 spiro atoms. The Balaban J connectivity index is 0.00000529. The lowest BCUT2D eigenvalue weighted by Crippen LogP contribution is -2.35. The highest BCUT2D eigenvalue weighted by atomic mass is 127. The van der Waals surface area contributed by atoms with E-state index in [1.165, 1.54) is 7.11 Å². The van der Waals surface area contributed by atoms with Gasteiger partial charge in [-0.25, -0.2) is 18.1 Å². The van der Waals surface area contributed by atoms with Crippen LogP contribution >= 0.6 is 24.0 Å². The number of nitrogens with one attached hydrogen (secondary N) is 1. The third-order valence-electron chi connectivity index (χ3n) is 3.01. The summed E-state index contributed by atoms with van der Waals surface area (Å²) in [5.74, 6) is 0.816. The highest BCUT2D eigenvalue weighted by molar-refractivity contribution is 14.0. The molecule has 0 amide bonds. The molecule has 0 radical (unpaired) electrons. The van der Waals surface area contributed by atoms with E-state index in [9.17, 15) is 8.42 Å². The summed E-state index contributed by atoms with van der Waals surface area (Å²) in [6.07, 6.45) is 0. The first-order valence-corrected chi connectivity index (χ1v) is 8.73. The van der Waals surface area contributed by atoms with Crippen molar-refractivity contribution >= 4 is 40.0 Å². The van der Waals surface area contributed by atoms with Crippen LogP contribution in [-0.2, 0) is 21.3 Å². The van der Waals surface area contributed by atoms with Crippen LogP contribution in [0.3, 0.4) is 0 Å². The van der Waals surface area contributed by atoms with Gasteiger partial charge >= 0.3 is 0 Å². The number of nitrogens with zero attached hydrogens (tertiary/aromatic N) is 3. The standard InChI is InChI=1S/C15H26N4O3S.HI/c1-18(2)15(19(3)4)16-12-13-7-6-8-14(11-13)23(20,21)17-9-10-22-5;/h6-8,11,17H,9-10,12H2,1-5H3;1H. The summed E-state index contributed by atoms with van der Waals surface area (Å²) >= 11 is 0. The first kappa shape index (κ1) is 23.1. The first-order chi connectivity index (χ1) is 10.8. The van der Waals surface area contributed by atoms with Crippen molar-refractivity contribution in [2.75, 3.05) is 48.5 Å². The number of sulfonamides is 1. The quantitative estimate of drug-likeness (QED) is 0.281.